The van der Waals surface area contributed by atoms with E-state index in [4.69, 9.17) is 32.7 Å². The predicted octanol–water partition coefficient (Wildman–Crippen LogP) is 4.44. The van der Waals surface area contributed by atoms with Crippen molar-refractivity contribution in [1.29, 1.82) is 0 Å². The van der Waals surface area contributed by atoms with Crippen LogP contribution in [0.25, 0.3) is 0 Å². The third kappa shape index (κ3) is 6.40. The summed E-state index contributed by atoms with van der Waals surface area (Å²) in [6.07, 6.45) is -0.410. The standard InChI is InChI=1S/C19H23Cl2NO3/c1-3-24-18-8-15(11-22-10-13(2)23)17(21)9-19(18)25-12-14-4-6-16(20)7-5-14/h4-9,13,22-23H,3,10-12H2,1-2H3. The summed E-state index contributed by atoms with van der Waals surface area (Å²) in [5, 5.41) is 13.8. The van der Waals surface area contributed by atoms with Crippen LogP contribution in [0.2, 0.25) is 10.0 Å². The molecule has 2 aromatic rings. The second-order valence-electron chi connectivity index (χ2n) is 5.72. The molecule has 6 heteroatoms. The van der Waals surface area contributed by atoms with Crippen LogP contribution in [-0.4, -0.2) is 24.4 Å². The normalized spacial score (nSPS) is 12.0. The highest BCUT2D eigenvalue weighted by molar-refractivity contribution is 6.31. The van der Waals surface area contributed by atoms with Gasteiger partial charge < -0.3 is 19.9 Å². The summed E-state index contributed by atoms with van der Waals surface area (Å²) in [6, 6.07) is 11.1. The molecule has 0 amide bonds. The lowest BCUT2D eigenvalue weighted by Crippen LogP contribution is -2.24. The van der Waals surface area contributed by atoms with Gasteiger partial charge in [0.2, 0.25) is 0 Å². The van der Waals surface area contributed by atoms with Crippen LogP contribution < -0.4 is 14.8 Å². The quantitative estimate of drug-likeness (QED) is 0.671. The van der Waals surface area contributed by atoms with Crippen LogP contribution in [0.3, 0.4) is 0 Å². The minimum atomic E-state index is -0.410. The van der Waals surface area contributed by atoms with Gasteiger partial charge in [0.05, 0.1) is 12.7 Å². The van der Waals surface area contributed by atoms with Crippen LogP contribution in [0, 0.1) is 0 Å². The van der Waals surface area contributed by atoms with E-state index in [9.17, 15) is 5.11 Å². The molecule has 0 bridgehead atoms. The highest BCUT2D eigenvalue weighted by Gasteiger charge is 2.12. The zero-order chi connectivity index (χ0) is 18.2. The molecule has 2 N–H and O–H groups in total. The number of benzene rings is 2. The van der Waals surface area contributed by atoms with Crippen molar-refractivity contribution in [2.75, 3.05) is 13.2 Å². The lowest BCUT2D eigenvalue weighted by atomic mass is 10.2. The molecule has 0 aromatic heterocycles. The van der Waals surface area contributed by atoms with Gasteiger partial charge >= 0.3 is 0 Å². The fraction of sp³-hybridized carbons (Fsp3) is 0.368. The molecule has 0 aliphatic carbocycles. The third-order valence-electron chi connectivity index (χ3n) is 3.48. The second-order valence-corrected chi connectivity index (χ2v) is 6.56. The molecule has 2 aromatic carbocycles. The Kier molecular flexibility index (Phi) is 7.85. The van der Waals surface area contributed by atoms with Crippen molar-refractivity contribution in [1.82, 2.24) is 5.32 Å². The first-order chi connectivity index (χ1) is 12.0. The molecule has 4 nitrogen and oxygen atoms in total. The van der Waals surface area contributed by atoms with E-state index >= 15 is 0 Å². The molecule has 0 heterocycles. The van der Waals surface area contributed by atoms with Gasteiger partial charge in [0.25, 0.3) is 0 Å². The SMILES string of the molecule is CCOc1cc(CNCC(C)O)c(Cl)cc1OCc1ccc(Cl)cc1. The summed E-state index contributed by atoms with van der Waals surface area (Å²) in [5.74, 6) is 1.25. The first-order valence-electron chi connectivity index (χ1n) is 8.20. The van der Waals surface area contributed by atoms with Crippen molar-refractivity contribution in [2.24, 2.45) is 0 Å². The average molecular weight is 384 g/mol. The smallest absolute Gasteiger partial charge is 0.163 e. The van der Waals surface area contributed by atoms with E-state index in [1.54, 1.807) is 13.0 Å². The molecule has 0 spiro atoms. The fourth-order valence-corrected chi connectivity index (χ4v) is 2.60. The van der Waals surface area contributed by atoms with Gasteiger partial charge in [-0.3, -0.25) is 0 Å². The van der Waals surface area contributed by atoms with Crippen molar-refractivity contribution in [3.8, 4) is 11.5 Å². The maximum atomic E-state index is 9.33. The van der Waals surface area contributed by atoms with Gasteiger partial charge in [-0.25, -0.2) is 0 Å². The van der Waals surface area contributed by atoms with Crippen LogP contribution in [0.5, 0.6) is 11.5 Å². The molecule has 0 radical (unpaired) electrons. The van der Waals surface area contributed by atoms with Gasteiger partial charge in [-0.2, -0.15) is 0 Å². The van der Waals surface area contributed by atoms with Crippen molar-refractivity contribution in [2.45, 2.75) is 33.1 Å². The Morgan fingerprint density at radius 3 is 2.40 bits per heavy atom. The first kappa shape index (κ1) is 19.9. The Bertz CT molecular complexity index is 675. The molecule has 1 atom stereocenters. The lowest BCUT2D eigenvalue weighted by molar-refractivity contribution is 0.191. The molecule has 0 aliphatic heterocycles. The fourth-order valence-electron chi connectivity index (χ4n) is 2.25. The zero-order valence-corrected chi connectivity index (χ0v) is 15.9. The summed E-state index contributed by atoms with van der Waals surface area (Å²) in [4.78, 5) is 0. The topological polar surface area (TPSA) is 50.7 Å². The van der Waals surface area contributed by atoms with E-state index in [2.05, 4.69) is 5.32 Å². The largest absolute Gasteiger partial charge is 0.490 e. The molecule has 0 saturated heterocycles. The molecule has 0 saturated carbocycles. The highest BCUT2D eigenvalue weighted by Crippen LogP contribution is 2.34. The van der Waals surface area contributed by atoms with E-state index in [1.807, 2.05) is 37.3 Å². The van der Waals surface area contributed by atoms with Gasteiger partial charge in [0, 0.05) is 29.2 Å². The molecule has 1 unspecified atom stereocenters. The number of aliphatic hydroxyl groups excluding tert-OH is 1. The monoisotopic (exact) mass is 383 g/mol. The van der Waals surface area contributed by atoms with Crippen molar-refractivity contribution in [3.05, 3.63) is 57.6 Å². The molecule has 136 valence electrons. The van der Waals surface area contributed by atoms with Crippen LogP contribution in [0.1, 0.15) is 25.0 Å². The predicted molar refractivity (Wildman–Crippen MR) is 102 cm³/mol. The Balaban J connectivity index is 2.10. The number of aliphatic hydroxyl groups is 1. The van der Waals surface area contributed by atoms with E-state index in [1.165, 1.54) is 0 Å². The molecular weight excluding hydrogens is 361 g/mol. The maximum Gasteiger partial charge on any atom is 0.163 e. The number of rotatable bonds is 9. The molecular formula is C19H23Cl2NO3. The summed E-state index contributed by atoms with van der Waals surface area (Å²) in [5.41, 5.74) is 1.90. The number of hydrogen-bond donors (Lipinski definition) is 2. The number of hydrogen-bond acceptors (Lipinski definition) is 4. The highest BCUT2D eigenvalue weighted by atomic mass is 35.5. The van der Waals surface area contributed by atoms with Crippen molar-refractivity contribution < 1.29 is 14.6 Å². The van der Waals surface area contributed by atoms with E-state index in [-0.39, 0.29) is 0 Å². The molecule has 2 rings (SSSR count). The summed E-state index contributed by atoms with van der Waals surface area (Å²) >= 11 is 12.3. The lowest BCUT2D eigenvalue weighted by Gasteiger charge is -2.16. The third-order valence-corrected chi connectivity index (χ3v) is 4.08. The molecule has 25 heavy (non-hydrogen) atoms. The minimum absolute atomic E-state index is 0.396. The van der Waals surface area contributed by atoms with Gasteiger partial charge in [0.1, 0.15) is 6.61 Å². The van der Waals surface area contributed by atoms with Crippen molar-refractivity contribution >= 4 is 23.2 Å². The van der Waals surface area contributed by atoms with E-state index in [0.29, 0.717) is 47.8 Å². The number of ether oxygens (including phenoxy) is 2. The number of nitrogens with one attached hydrogen (secondary N) is 1. The Hall–Kier alpha value is -1.46. The van der Waals surface area contributed by atoms with E-state index < -0.39 is 6.10 Å². The maximum absolute atomic E-state index is 9.33. The van der Waals surface area contributed by atoms with Gasteiger partial charge in [-0.05, 0) is 43.2 Å². The summed E-state index contributed by atoms with van der Waals surface area (Å²) in [7, 11) is 0. The minimum Gasteiger partial charge on any atom is -0.490 e. The van der Waals surface area contributed by atoms with Crippen LogP contribution >= 0.6 is 23.2 Å². The summed E-state index contributed by atoms with van der Waals surface area (Å²) in [6.45, 7) is 5.61. The van der Waals surface area contributed by atoms with Gasteiger partial charge in [-0.1, -0.05) is 35.3 Å². The van der Waals surface area contributed by atoms with Gasteiger partial charge in [-0.15, -0.1) is 0 Å². The Morgan fingerprint density at radius 1 is 1.08 bits per heavy atom. The molecule has 0 aliphatic rings. The Morgan fingerprint density at radius 2 is 1.76 bits per heavy atom. The van der Waals surface area contributed by atoms with Crippen LogP contribution in [0.4, 0.5) is 0 Å². The number of halogens is 2. The Labute approximate surface area is 158 Å². The van der Waals surface area contributed by atoms with E-state index in [0.717, 1.165) is 11.1 Å². The second kappa shape index (κ2) is 9.88. The average Bonchev–Trinajstić information content (AvgIpc) is 2.57. The zero-order valence-electron chi connectivity index (χ0n) is 14.4. The van der Waals surface area contributed by atoms with Crippen molar-refractivity contribution in [3.63, 3.8) is 0 Å². The first-order valence-corrected chi connectivity index (χ1v) is 8.96. The van der Waals surface area contributed by atoms with Crippen LogP contribution in [0.15, 0.2) is 36.4 Å². The molecule has 0 fully saturated rings. The summed E-state index contributed by atoms with van der Waals surface area (Å²) < 4.78 is 11.6. The van der Waals surface area contributed by atoms with Crippen LogP contribution in [-0.2, 0) is 13.2 Å². The van der Waals surface area contributed by atoms with Gasteiger partial charge in [0.15, 0.2) is 11.5 Å².